The van der Waals surface area contributed by atoms with Crippen LogP contribution in [-0.4, -0.2) is 7.05 Å². The molecule has 0 spiro atoms. The quantitative estimate of drug-likeness (QED) is 0.716. The van der Waals surface area contributed by atoms with Gasteiger partial charge in [0.2, 0.25) is 0 Å². The molecule has 2 nitrogen and oxygen atoms in total. The molecule has 0 fully saturated rings. The molecule has 0 aliphatic rings. The predicted molar refractivity (Wildman–Crippen MR) is 58.0 cm³/mol. The van der Waals surface area contributed by atoms with Gasteiger partial charge in [0, 0.05) is 18.8 Å². The third-order valence-electron chi connectivity index (χ3n) is 2.31. The zero-order chi connectivity index (χ0) is 9.97. The molecule has 0 N–H and O–H groups in total. The molecule has 1 aromatic heterocycles. The van der Waals surface area contributed by atoms with Gasteiger partial charge in [-0.1, -0.05) is 17.7 Å². The number of benzene rings is 1. The molecule has 0 radical (unpaired) electrons. The second-order valence-corrected chi connectivity index (χ2v) is 3.38. The SMILES string of the molecule is Cc1ccc(N(C)c2ccoc2)cc1. The van der Waals surface area contributed by atoms with Crippen LogP contribution in [0.15, 0.2) is 47.3 Å². The molecule has 0 amide bonds. The van der Waals surface area contributed by atoms with Gasteiger partial charge in [0.15, 0.2) is 0 Å². The summed E-state index contributed by atoms with van der Waals surface area (Å²) in [6.45, 7) is 2.08. The van der Waals surface area contributed by atoms with E-state index in [1.807, 2.05) is 13.1 Å². The summed E-state index contributed by atoms with van der Waals surface area (Å²) in [5, 5.41) is 0. The molecule has 2 aromatic rings. The monoisotopic (exact) mass is 187 g/mol. The molecule has 0 unspecified atom stereocenters. The Bertz CT molecular complexity index is 389. The fourth-order valence-electron chi connectivity index (χ4n) is 1.37. The van der Waals surface area contributed by atoms with E-state index >= 15 is 0 Å². The van der Waals surface area contributed by atoms with Crippen LogP contribution in [0.3, 0.4) is 0 Å². The Hall–Kier alpha value is -1.70. The molecular formula is C12H13NO. The van der Waals surface area contributed by atoms with Gasteiger partial charge < -0.3 is 9.32 Å². The van der Waals surface area contributed by atoms with Gasteiger partial charge in [-0.25, -0.2) is 0 Å². The summed E-state index contributed by atoms with van der Waals surface area (Å²) in [4.78, 5) is 2.09. The van der Waals surface area contributed by atoms with E-state index in [1.165, 1.54) is 5.56 Å². The van der Waals surface area contributed by atoms with Crippen molar-refractivity contribution in [3.63, 3.8) is 0 Å². The highest BCUT2D eigenvalue weighted by Crippen LogP contribution is 2.23. The van der Waals surface area contributed by atoms with Gasteiger partial charge in [-0.2, -0.15) is 0 Å². The van der Waals surface area contributed by atoms with Crippen LogP contribution in [0.1, 0.15) is 5.56 Å². The second kappa shape index (κ2) is 3.58. The maximum absolute atomic E-state index is 5.04. The first kappa shape index (κ1) is 8.88. The zero-order valence-electron chi connectivity index (χ0n) is 8.40. The lowest BCUT2D eigenvalue weighted by atomic mass is 10.2. The molecule has 1 aromatic carbocycles. The normalized spacial score (nSPS) is 10.1. The molecule has 0 bridgehead atoms. The summed E-state index contributed by atoms with van der Waals surface area (Å²) in [5.41, 5.74) is 3.50. The van der Waals surface area contributed by atoms with Gasteiger partial charge in [0.05, 0.1) is 12.0 Å². The average molecular weight is 187 g/mol. The van der Waals surface area contributed by atoms with Crippen molar-refractivity contribution in [1.82, 2.24) is 0 Å². The largest absolute Gasteiger partial charge is 0.470 e. The van der Waals surface area contributed by atoms with Crippen LogP contribution in [0.4, 0.5) is 11.4 Å². The topological polar surface area (TPSA) is 16.4 Å². The van der Waals surface area contributed by atoms with E-state index in [-0.39, 0.29) is 0 Å². The fraction of sp³-hybridized carbons (Fsp3) is 0.167. The summed E-state index contributed by atoms with van der Waals surface area (Å²) in [6, 6.07) is 10.3. The fourth-order valence-corrected chi connectivity index (χ4v) is 1.37. The van der Waals surface area contributed by atoms with Crippen molar-refractivity contribution in [3.8, 4) is 0 Å². The first-order valence-electron chi connectivity index (χ1n) is 4.60. The Morgan fingerprint density at radius 1 is 1.00 bits per heavy atom. The highest BCUT2D eigenvalue weighted by atomic mass is 16.3. The van der Waals surface area contributed by atoms with Crippen molar-refractivity contribution in [2.45, 2.75) is 6.92 Å². The lowest BCUT2D eigenvalue weighted by Crippen LogP contribution is -2.07. The number of hydrogen-bond donors (Lipinski definition) is 0. The minimum atomic E-state index is 1.06. The minimum absolute atomic E-state index is 1.06. The van der Waals surface area contributed by atoms with Crippen LogP contribution in [0.5, 0.6) is 0 Å². The first-order valence-corrected chi connectivity index (χ1v) is 4.60. The van der Waals surface area contributed by atoms with Gasteiger partial charge in [-0.05, 0) is 19.1 Å². The second-order valence-electron chi connectivity index (χ2n) is 3.38. The van der Waals surface area contributed by atoms with E-state index in [0.29, 0.717) is 0 Å². The van der Waals surface area contributed by atoms with Crippen LogP contribution >= 0.6 is 0 Å². The molecule has 0 saturated carbocycles. The maximum Gasteiger partial charge on any atom is 0.114 e. The summed E-state index contributed by atoms with van der Waals surface area (Å²) in [7, 11) is 2.02. The van der Waals surface area contributed by atoms with Crippen LogP contribution in [0.2, 0.25) is 0 Å². The number of aryl methyl sites for hydroxylation is 1. The van der Waals surface area contributed by atoms with Crippen LogP contribution in [0.25, 0.3) is 0 Å². The number of hydrogen-bond acceptors (Lipinski definition) is 2. The molecule has 0 saturated heterocycles. The molecule has 14 heavy (non-hydrogen) atoms. The standard InChI is InChI=1S/C12H13NO/c1-10-3-5-11(6-4-10)13(2)12-7-8-14-9-12/h3-9H,1-2H3. The molecule has 2 heteroatoms. The van der Waals surface area contributed by atoms with E-state index in [1.54, 1.807) is 12.5 Å². The van der Waals surface area contributed by atoms with Crippen molar-refractivity contribution in [2.75, 3.05) is 11.9 Å². The number of anilines is 2. The van der Waals surface area contributed by atoms with Gasteiger partial charge in [-0.3, -0.25) is 0 Å². The Kier molecular flexibility index (Phi) is 2.27. The zero-order valence-corrected chi connectivity index (χ0v) is 8.40. The first-order chi connectivity index (χ1) is 6.77. The number of rotatable bonds is 2. The highest BCUT2D eigenvalue weighted by molar-refractivity contribution is 5.61. The van der Waals surface area contributed by atoms with E-state index in [0.717, 1.165) is 11.4 Å². The third-order valence-corrected chi connectivity index (χ3v) is 2.31. The Morgan fingerprint density at radius 3 is 2.29 bits per heavy atom. The maximum atomic E-state index is 5.04. The summed E-state index contributed by atoms with van der Waals surface area (Å²) in [6.07, 6.45) is 3.42. The summed E-state index contributed by atoms with van der Waals surface area (Å²) in [5.74, 6) is 0. The molecule has 1 heterocycles. The van der Waals surface area contributed by atoms with Crippen molar-refractivity contribution >= 4 is 11.4 Å². The molecule has 72 valence electrons. The van der Waals surface area contributed by atoms with Crippen LogP contribution in [0, 0.1) is 6.92 Å². The summed E-state index contributed by atoms with van der Waals surface area (Å²) >= 11 is 0. The van der Waals surface area contributed by atoms with Crippen molar-refractivity contribution in [2.24, 2.45) is 0 Å². The lowest BCUT2D eigenvalue weighted by Gasteiger charge is -2.16. The minimum Gasteiger partial charge on any atom is -0.470 e. The van der Waals surface area contributed by atoms with Gasteiger partial charge in [0.1, 0.15) is 6.26 Å². The predicted octanol–water partition coefficient (Wildman–Crippen LogP) is 3.36. The van der Waals surface area contributed by atoms with Crippen molar-refractivity contribution in [3.05, 3.63) is 48.4 Å². The third kappa shape index (κ3) is 1.64. The summed E-state index contributed by atoms with van der Waals surface area (Å²) < 4.78 is 5.04. The number of nitrogens with zero attached hydrogens (tertiary/aromatic N) is 1. The molecular weight excluding hydrogens is 174 g/mol. The Balaban J connectivity index is 2.28. The van der Waals surface area contributed by atoms with E-state index < -0.39 is 0 Å². The smallest absolute Gasteiger partial charge is 0.114 e. The Morgan fingerprint density at radius 2 is 1.71 bits per heavy atom. The highest BCUT2D eigenvalue weighted by Gasteiger charge is 2.03. The molecule has 2 rings (SSSR count). The number of furan rings is 1. The molecule has 0 atom stereocenters. The average Bonchev–Trinajstić information content (AvgIpc) is 2.71. The van der Waals surface area contributed by atoms with Crippen LogP contribution in [-0.2, 0) is 0 Å². The van der Waals surface area contributed by atoms with Gasteiger partial charge in [-0.15, -0.1) is 0 Å². The molecule has 0 aliphatic carbocycles. The van der Waals surface area contributed by atoms with E-state index in [4.69, 9.17) is 4.42 Å². The molecule has 0 aliphatic heterocycles. The van der Waals surface area contributed by atoms with Crippen molar-refractivity contribution < 1.29 is 4.42 Å². The van der Waals surface area contributed by atoms with E-state index in [9.17, 15) is 0 Å². The van der Waals surface area contributed by atoms with Crippen LogP contribution < -0.4 is 4.90 Å². The van der Waals surface area contributed by atoms with Gasteiger partial charge in [0.25, 0.3) is 0 Å². The van der Waals surface area contributed by atoms with Crippen molar-refractivity contribution in [1.29, 1.82) is 0 Å². The lowest BCUT2D eigenvalue weighted by molar-refractivity contribution is 0.567. The van der Waals surface area contributed by atoms with Gasteiger partial charge >= 0.3 is 0 Å². The van der Waals surface area contributed by atoms with E-state index in [2.05, 4.69) is 36.1 Å². The Labute approximate surface area is 83.8 Å².